The SMILES string of the molecule is COC(=O)C(C)c1cccc(C(=O)c2ccc(Cl)cc2)c1. The van der Waals surface area contributed by atoms with Crippen LogP contribution in [0, 0.1) is 0 Å². The molecule has 0 N–H and O–H groups in total. The lowest BCUT2D eigenvalue weighted by Crippen LogP contribution is -2.11. The molecule has 21 heavy (non-hydrogen) atoms. The quantitative estimate of drug-likeness (QED) is 0.636. The van der Waals surface area contributed by atoms with Crippen molar-refractivity contribution in [3.63, 3.8) is 0 Å². The van der Waals surface area contributed by atoms with E-state index in [0.717, 1.165) is 5.56 Å². The van der Waals surface area contributed by atoms with Gasteiger partial charge in [0.1, 0.15) is 0 Å². The minimum absolute atomic E-state index is 0.106. The number of ketones is 1. The van der Waals surface area contributed by atoms with Crippen molar-refractivity contribution in [3.8, 4) is 0 Å². The van der Waals surface area contributed by atoms with E-state index in [0.29, 0.717) is 16.1 Å². The Hall–Kier alpha value is -2.13. The van der Waals surface area contributed by atoms with Crippen LogP contribution in [-0.2, 0) is 9.53 Å². The molecule has 2 aromatic carbocycles. The summed E-state index contributed by atoms with van der Waals surface area (Å²) in [4.78, 5) is 24.0. The Kier molecular flexibility index (Phi) is 4.76. The van der Waals surface area contributed by atoms with Crippen LogP contribution in [0.2, 0.25) is 5.02 Å². The van der Waals surface area contributed by atoms with Crippen LogP contribution >= 0.6 is 11.6 Å². The molecule has 1 unspecified atom stereocenters. The molecule has 0 bridgehead atoms. The van der Waals surface area contributed by atoms with Crippen molar-refractivity contribution in [2.24, 2.45) is 0 Å². The first-order valence-corrected chi connectivity index (χ1v) is 6.89. The summed E-state index contributed by atoms with van der Waals surface area (Å²) in [5.41, 5.74) is 1.84. The minimum Gasteiger partial charge on any atom is -0.469 e. The normalized spacial score (nSPS) is 11.8. The summed E-state index contributed by atoms with van der Waals surface area (Å²) >= 11 is 5.82. The zero-order valence-corrected chi connectivity index (χ0v) is 12.6. The Bertz CT molecular complexity index is 662. The smallest absolute Gasteiger partial charge is 0.312 e. The molecule has 0 aromatic heterocycles. The Balaban J connectivity index is 2.30. The summed E-state index contributed by atoms with van der Waals surface area (Å²) in [5, 5.41) is 0.583. The van der Waals surface area contributed by atoms with Gasteiger partial charge < -0.3 is 4.74 Å². The van der Waals surface area contributed by atoms with Gasteiger partial charge in [-0.1, -0.05) is 29.8 Å². The number of hydrogen-bond donors (Lipinski definition) is 0. The van der Waals surface area contributed by atoms with Crippen LogP contribution in [0.25, 0.3) is 0 Å². The Labute approximate surface area is 128 Å². The zero-order valence-electron chi connectivity index (χ0n) is 11.8. The van der Waals surface area contributed by atoms with E-state index < -0.39 is 5.92 Å². The molecule has 108 valence electrons. The van der Waals surface area contributed by atoms with Gasteiger partial charge in [0.2, 0.25) is 0 Å². The van der Waals surface area contributed by atoms with Crippen LogP contribution in [-0.4, -0.2) is 18.9 Å². The van der Waals surface area contributed by atoms with Gasteiger partial charge in [-0.3, -0.25) is 9.59 Å². The number of halogens is 1. The van der Waals surface area contributed by atoms with E-state index in [1.807, 2.05) is 0 Å². The second-order valence-corrected chi connectivity index (χ2v) is 5.14. The summed E-state index contributed by atoms with van der Waals surface area (Å²) in [6.07, 6.45) is 0. The number of rotatable bonds is 4. The van der Waals surface area contributed by atoms with E-state index >= 15 is 0 Å². The van der Waals surface area contributed by atoms with Crippen molar-refractivity contribution in [2.75, 3.05) is 7.11 Å². The maximum absolute atomic E-state index is 12.4. The topological polar surface area (TPSA) is 43.4 Å². The summed E-state index contributed by atoms with van der Waals surface area (Å²) < 4.78 is 4.73. The third kappa shape index (κ3) is 3.50. The third-order valence-electron chi connectivity index (χ3n) is 3.31. The molecule has 3 nitrogen and oxygen atoms in total. The molecule has 0 heterocycles. The number of esters is 1. The van der Waals surface area contributed by atoms with E-state index in [1.165, 1.54) is 7.11 Å². The average Bonchev–Trinajstić information content (AvgIpc) is 2.53. The fraction of sp³-hybridized carbons (Fsp3) is 0.176. The summed E-state index contributed by atoms with van der Waals surface area (Å²) in [7, 11) is 1.35. The molecular weight excluding hydrogens is 288 g/mol. The molecule has 0 amide bonds. The summed E-state index contributed by atoms with van der Waals surface area (Å²) in [5.74, 6) is -0.843. The maximum Gasteiger partial charge on any atom is 0.312 e. The van der Waals surface area contributed by atoms with Gasteiger partial charge in [-0.05, 0) is 42.8 Å². The van der Waals surface area contributed by atoms with Crippen LogP contribution in [0.5, 0.6) is 0 Å². The van der Waals surface area contributed by atoms with Gasteiger partial charge in [-0.15, -0.1) is 0 Å². The largest absolute Gasteiger partial charge is 0.469 e. The standard InChI is InChI=1S/C17H15ClO3/c1-11(17(20)21-2)13-4-3-5-14(10-13)16(19)12-6-8-15(18)9-7-12/h3-11H,1-2H3. The predicted octanol–water partition coefficient (Wildman–Crippen LogP) is 3.85. The number of carbonyl (C=O) groups is 2. The van der Waals surface area contributed by atoms with Crippen molar-refractivity contribution in [1.29, 1.82) is 0 Å². The van der Waals surface area contributed by atoms with Crippen molar-refractivity contribution in [1.82, 2.24) is 0 Å². The lowest BCUT2D eigenvalue weighted by molar-refractivity contribution is -0.141. The van der Waals surface area contributed by atoms with E-state index in [4.69, 9.17) is 16.3 Å². The lowest BCUT2D eigenvalue weighted by Gasteiger charge is -2.10. The molecular formula is C17H15ClO3. The van der Waals surface area contributed by atoms with Crippen LogP contribution in [0.4, 0.5) is 0 Å². The highest BCUT2D eigenvalue weighted by atomic mass is 35.5. The molecule has 4 heteroatoms. The second-order valence-electron chi connectivity index (χ2n) is 4.71. The summed E-state index contributed by atoms with van der Waals surface area (Å²) in [6.45, 7) is 1.75. The Morgan fingerprint density at radius 2 is 1.71 bits per heavy atom. The molecule has 0 aliphatic carbocycles. The van der Waals surface area contributed by atoms with Crippen molar-refractivity contribution < 1.29 is 14.3 Å². The number of methoxy groups -OCH3 is 1. The van der Waals surface area contributed by atoms with E-state index in [2.05, 4.69) is 0 Å². The highest BCUT2D eigenvalue weighted by Gasteiger charge is 2.17. The maximum atomic E-state index is 12.4. The first-order chi connectivity index (χ1) is 10.0. The monoisotopic (exact) mass is 302 g/mol. The van der Waals surface area contributed by atoms with Crippen LogP contribution < -0.4 is 0 Å². The average molecular weight is 303 g/mol. The van der Waals surface area contributed by atoms with Crippen molar-refractivity contribution in [2.45, 2.75) is 12.8 Å². The van der Waals surface area contributed by atoms with Gasteiger partial charge >= 0.3 is 5.97 Å². The molecule has 0 saturated carbocycles. The number of ether oxygens (including phenoxy) is 1. The van der Waals surface area contributed by atoms with E-state index in [9.17, 15) is 9.59 Å². The Morgan fingerprint density at radius 3 is 2.33 bits per heavy atom. The van der Waals surface area contributed by atoms with Gasteiger partial charge in [0.15, 0.2) is 5.78 Å². The van der Waals surface area contributed by atoms with Crippen LogP contribution in [0.3, 0.4) is 0 Å². The molecule has 0 aliphatic heterocycles. The van der Waals surface area contributed by atoms with Gasteiger partial charge in [-0.25, -0.2) is 0 Å². The first-order valence-electron chi connectivity index (χ1n) is 6.51. The first kappa shape index (κ1) is 15.3. The summed E-state index contributed by atoms with van der Waals surface area (Å²) in [6, 6.07) is 13.7. The molecule has 2 aromatic rings. The molecule has 0 spiro atoms. The minimum atomic E-state index is -0.409. The van der Waals surface area contributed by atoms with Gasteiger partial charge in [0, 0.05) is 16.1 Å². The third-order valence-corrected chi connectivity index (χ3v) is 3.56. The lowest BCUT2D eigenvalue weighted by atomic mass is 9.96. The highest BCUT2D eigenvalue weighted by molar-refractivity contribution is 6.30. The highest BCUT2D eigenvalue weighted by Crippen LogP contribution is 2.20. The fourth-order valence-electron chi connectivity index (χ4n) is 2.03. The second kappa shape index (κ2) is 6.55. The van der Waals surface area contributed by atoms with Crippen molar-refractivity contribution >= 4 is 23.4 Å². The number of carbonyl (C=O) groups excluding carboxylic acids is 2. The molecule has 0 fully saturated rings. The predicted molar refractivity (Wildman–Crippen MR) is 81.8 cm³/mol. The molecule has 0 saturated heterocycles. The van der Waals surface area contributed by atoms with Crippen molar-refractivity contribution in [3.05, 3.63) is 70.2 Å². The van der Waals surface area contributed by atoms with Crippen LogP contribution in [0.1, 0.15) is 34.3 Å². The van der Waals surface area contributed by atoms with Crippen LogP contribution in [0.15, 0.2) is 48.5 Å². The van der Waals surface area contributed by atoms with E-state index in [1.54, 1.807) is 55.5 Å². The molecule has 0 radical (unpaired) electrons. The molecule has 2 rings (SSSR count). The number of benzene rings is 2. The zero-order chi connectivity index (χ0) is 15.4. The molecule has 1 atom stereocenters. The molecule has 0 aliphatic rings. The van der Waals surface area contributed by atoms with E-state index in [-0.39, 0.29) is 11.8 Å². The number of hydrogen-bond acceptors (Lipinski definition) is 3. The van der Waals surface area contributed by atoms with Gasteiger partial charge in [0.25, 0.3) is 0 Å². The van der Waals surface area contributed by atoms with Gasteiger partial charge in [-0.2, -0.15) is 0 Å². The van der Waals surface area contributed by atoms with Gasteiger partial charge in [0.05, 0.1) is 13.0 Å². The Morgan fingerprint density at radius 1 is 1.05 bits per heavy atom. The fourth-order valence-corrected chi connectivity index (χ4v) is 2.16.